The molecule has 3 aliphatic rings. The highest BCUT2D eigenvalue weighted by molar-refractivity contribution is 6.31. The van der Waals surface area contributed by atoms with E-state index in [9.17, 15) is 9.59 Å². The highest BCUT2D eigenvalue weighted by Gasteiger charge is 2.60. The quantitative estimate of drug-likeness (QED) is 0.372. The van der Waals surface area contributed by atoms with E-state index in [2.05, 4.69) is 38.7 Å². The molecular weight excluding hydrogens is 456 g/mol. The second-order valence-electron chi connectivity index (χ2n) is 10.4. The van der Waals surface area contributed by atoms with E-state index in [1.165, 1.54) is 7.11 Å². The van der Waals surface area contributed by atoms with Crippen LogP contribution in [0.15, 0.2) is 48.5 Å². The highest BCUT2D eigenvalue weighted by atomic mass is 16.6. The Balaban J connectivity index is 1.67. The van der Waals surface area contributed by atoms with Crippen molar-refractivity contribution in [1.29, 1.82) is 0 Å². The normalized spacial score (nSPS) is 26.3. The highest BCUT2D eigenvalue weighted by Crippen LogP contribution is 2.57. The number of hydrogen-bond donors (Lipinski definition) is 2. The SMILES string of the molecule is COC(=O)C[C@@]1(N)CC2OC1(C)n1c3ccccc3c3c4c(c5c6ccccc6n2c5c31)C(=O)NC4. The lowest BCUT2D eigenvalue weighted by atomic mass is 9.83. The molecule has 3 aliphatic heterocycles. The summed E-state index contributed by atoms with van der Waals surface area (Å²) >= 11 is 0. The third-order valence-corrected chi connectivity index (χ3v) is 8.75. The van der Waals surface area contributed by atoms with Gasteiger partial charge in [-0.2, -0.15) is 0 Å². The van der Waals surface area contributed by atoms with Crippen LogP contribution in [-0.4, -0.2) is 33.7 Å². The van der Waals surface area contributed by atoms with E-state index in [0.717, 1.165) is 54.7 Å². The third-order valence-electron chi connectivity index (χ3n) is 8.75. The summed E-state index contributed by atoms with van der Waals surface area (Å²) in [6, 6.07) is 16.3. The van der Waals surface area contributed by atoms with Gasteiger partial charge >= 0.3 is 5.97 Å². The number of methoxy groups -OCH3 is 1. The summed E-state index contributed by atoms with van der Waals surface area (Å²) in [5.74, 6) is -0.417. The molecule has 3 N–H and O–H groups in total. The number of fused-ring (bicyclic) bond motifs is 13. The van der Waals surface area contributed by atoms with Crippen molar-refractivity contribution in [2.75, 3.05) is 7.11 Å². The number of carbonyl (C=O) groups is 2. The van der Waals surface area contributed by atoms with Gasteiger partial charge in [0, 0.05) is 34.5 Å². The minimum atomic E-state index is -1.04. The summed E-state index contributed by atoms with van der Waals surface area (Å²) in [5.41, 5.74) is 10.7. The molecule has 1 amide bonds. The fourth-order valence-corrected chi connectivity index (χ4v) is 7.13. The number of aromatic nitrogens is 2. The van der Waals surface area contributed by atoms with Crippen LogP contribution in [-0.2, 0) is 26.5 Å². The van der Waals surface area contributed by atoms with Crippen LogP contribution in [0.5, 0.6) is 0 Å². The largest absolute Gasteiger partial charge is 0.469 e. The van der Waals surface area contributed by atoms with Crippen molar-refractivity contribution in [3.8, 4) is 0 Å². The van der Waals surface area contributed by atoms with Gasteiger partial charge < -0.3 is 29.7 Å². The molecule has 36 heavy (non-hydrogen) atoms. The number of nitrogens with one attached hydrogen (secondary N) is 1. The molecule has 0 saturated carbocycles. The molecule has 3 atom stereocenters. The summed E-state index contributed by atoms with van der Waals surface area (Å²) in [7, 11) is 1.39. The monoisotopic (exact) mass is 480 g/mol. The molecule has 2 bridgehead atoms. The zero-order valence-corrected chi connectivity index (χ0v) is 19.9. The summed E-state index contributed by atoms with van der Waals surface area (Å²) in [5, 5.41) is 7.10. The van der Waals surface area contributed by atoms with Crippen molar-refractivity contribution in [1.82, 2.24) is 14.5 Å². The van der Waals surface area contributed by atoms with E-state index >= 15 is 0 Å². The molecule has 2 aromatic heterocycles. The fourth-order valence-electron chi connectivity index (χ4n) is 7.13. The van der Waals surface area contributed by atoms with Crippen LogP contribution in [0.3, 0.4) is 0 Å². The minimum absolute atomic E-state index is 0.0210. The van der Waals surface area contributed by atoms with Gasteiger partial charge in [0.05, 0.1) is 46.7 Å². The van der Waals surface area contributed by atoms with Gasteiger partial charge in [-0.05, 0) is 24.6 Å². The number of amides is 1. The molecule has 5 heterocycles. The van der Waals surface area contributed by atoms with Gasteiger partial charge in [0.25, 0.3) is 5.91 Å². The minimum Gasteiger partial charge on any atom is -0.469 e. The predicted octanol–water partition coefficient (Wildman–Crippen LogP) is 4.01. The van der Waals surface area contributed by atoms with Crippen LogP contribution in [0.4, 0.5) is 0 Å². The number of benzene rings is 3. The van der Waals surface area contributed by atoms with E-state index in [4.69, 9.17) is 15.2 Å². The van der Waals surface area contributed by atoms with E-state index in [1.807, 2.05) is 31.2 Å². The first-order valence-electron chi connectivity index (χ1n) is 12.2. The van der Waals surface area contributed by atoms with E-state index in [1.54, 1.807) is 0 Å². The molecule has 0 radical (unpaired) electrons. The molecule has 2 unspecified atom stereocenters. The Labute approximate surface area is 205 Å². The average Bonchev–Trinajstić information content (AvgIpc) is 3.56. The Bertz CT molecular complexity index is 1850. The summed E-state index contributed by atoms with van der Waals surface area (Å²) in [6.45, 7) is 2.45. The van der Waals surface area contributed by atoms with Crippen LogP contribution in [0, 0.1) is 0 Å². The third kappa shape index (κ3) is 2.07. The molecule has 3 aromatic carbocycles. The van der Waals surface area contributed by atoms with Gasteiger partial charge in [-0.25, -0.2) is 0 Å². The van der Waals surface area contributed by atoms with E-state index < -0.39 is 17.5 Å². The van der Waals surface area contributed by atoms with Crippen LogP contribution in [0.2, 0.25) is 0 Å². The molecular formula is C28H24N4O4. The maximum Gasteiger partial charge on any atom is 0.307 e. The number of hydrogen-bond acceptors (Lipinski definition) is 5. The standard InChI is InChI=1S/C28H24N4O4/c1-27-28(29,12-20(33)35-2)11-19(36-27)31-17-9-5-3-7-14(17)22-23-16(13-30-26(23)34)21-15-8-4-6-10-18(15)32(27)25(21)24(22)31/h3-10,19H,11-13,29H2,1-2H3,(H,30,34)/t19?,27?,28-/m0/s1. The maximum atomic E-state index is 13.3. The van der Waals surface area contributed by atoms with Crippen molar-refractivity contribution >= 4 is 55.5 Å². The molecule has 0 spiro atoms. The lowest BCUT2D eigenvalue weighted by Gasteiger charge is -2.40. The summed E-state index contributed by atoms with van der Waals surface area (Å²) in [6.07, 6.45) is 0.0208. The smallest absolute Gasteiger partial charge is 0.307 e. The first kappa shape index (κ1) is 20.3. The Morgan fingerprint density at radius 2 is 1.81 bits per heavy atom. The number of rotatable bonds is 2. The van der Waals surface area contributed by atoms with Crippen LogP contribution in [0.25, 0.3) is 43.6 Å². The number of nitrogens with two attached hydrogens (primary N) is 1. The number of para-hydroxylation sites is 2. The molecule has 180 valence electrons. The molecule has 1 saturated heterocycles. The zero-order valence-electron chi connectivity index (χ0n) is 19.9. The molecule has 0 aliphatic carbocycles. The zero-order chi connectivity index (χ0) is 24.6. The number of ether oxygens (including phenoxy) is 2. The first-order valence-corrected chi connectivity index (χ1v) is 12.2. The average molecular weight is 481 g/mol. The Morgan fingerprint density at radius 1 is 1.11 bits per heavy atom. The van der Waals surface area contributed by atoms with Gasteiger partial charge in [0.2, 0.25) is 0 Å². The van der Waals surface area contributed by atoms with Crippen molar-refractivity contribution in [2.45, 2.75) is 43.8 Å². The van der Waals surface area contributed by atoms with Crippen molar-refractivity contribution in [3.05, 3.63) is 59.7 Å². The van der Waals surface area contributed by atoms with Crippen molar-refractivity contribution in [2.24, 2.45) is 5.73 Å². The van der Waals surface area contributed by atoms with Gasteiger partial charge in [0.15, 0.2) is 5.72 Å². The Morgan fingerprint density at radius 3 is 2.56 bits per heavy atom. The Hall–Kier alpha value is -3.88. The second-order valence-corrected chi connectivity index (χ2v) is 10.4. The molecule has 8 heteroatoms. The summed E-state index contributed by atoms with van der Waals surface area (Å²) in [4.78, 5) is 25.9. The van der Waals surface area contributed by atoms with Gasteiger partial charge in [-0.15, -0.1) is 0 Å². The first-order chi connectivity index (χ1) is 17.4. The van der Waals surface area contributed by atoms with E-state index in [0.29, 0.717) is 13.0 Å². The maximum absolute atomic E-state index is 13.3. The van der Waals surface area contributed by atoms with Gasteiger partial charge in [0.1, 0.15) is 6.23 Å². The topological polar surface area (TPSA) is 101 Å². The van der Waals surface area contributed by atoms with Crippen LogP contribution >= 0.6 is 0 Å². The van der Waals surface area contributed by atoms with Gasteiger partial charge in [-0.3, -0.25) is 9.59 Å². The lowest BCUT2D eigenvalue weighted by molar-refractivity contribution is -0.150. The molecule has 8 rings (SSSR count). The number of nitrogens with zero attached hydrogens (tertiary/aromatic N) is 2. The second kappa shape index (κ2) is 6.27. The fraction of sp³-hybridized carbons (Fsp3) is 0.286. The number of esters is 1. The molecule has 1 fully saturated rings. The molecule has 5 aromatic rings. The van der Waals surface area contributed by atoms with Crippen molar-refractivity contribution < 1.29 is 19.1 Å². The lowest BCUT2D eigenvalue weighted by Crippen LogP contribution is -2.58. The molecule has 8 nitrogen and oxygen atoms in total. The van der Waals surface area contributed by atoms with Crippen LogP contribution in [0.1, 0.15) is 41.9 Å². The van der Waals surface area contributed by atoms with Gasteiger partial charge in [-0.1, -0.05) is 36.4 Å². The van der Waals surface area contributed by atoms with Crippen LogP contribution < -0.4 is 11.1 Å². The van der Waals surface area contributed by atoms with E-state index in [-0.39, 0.29) is 18.3 Å². The summed E-state index contributed by atoms with van der Waals surface area (Å²) < 4.78 is 16.4. The predicted molar refractivity (Wildman–Crippen MR) is 136 cm³/mol. The number of carbonyl (C=O) groups excluding carboxylic acids is 2. The Kier molecular flexibility index (Phi) is 3.54. The van der Waals surface area contributed by atoms with Crippen molar-refractivity contribution in [3.63, 3.8) is 0 Å².